The predicted octanol–water partition coefficient (Wildman–Crippen LogP) is 2.30. The Hall–Kier alpha value is -1.03. The highest BCUT2D eigenvalue weighted by Crippen LogP contribution is 2.36. The van der Waals surface area contributed by atoms with E-state index < -0.39 is 27.6 Å². The van der Waals surface area contributed by atoms with E-state index in [0.29, 0.717) is 12.5 Å². The van der Waals surface area contributed by atoms with Crippen LogP contribution in [0.2, 0.25) is 5.02 Å². The van der Waals surface area contributed by atoms with E-state index in [1.807, 2.05) is 4.72 Å². The van der Waals surface area contributed by atoms with Crippen LogP contribution in [0.25, 0.3) is 0 Å². The van der Waals surface area contributed by atoms with Crippen LogP contribution in [-0.4, -0.2) is 32.9 Å². The highest BCUT2D eigenvalue weighted by molar-refractivity contribution is 7.90. The van der Waals surface area contributed by atoms with Crippen molar-refractivity contribution < 1.29 is 21.6 Å². The van der Waals surface area contributed by atoms with Gasteiger partial charge in [0.25, 0.3) is 0 Å². The first-order valence-electron chi connectivity index (χ1n) is 5.89. The normalized spacial score (nSPS) is 12.7. The fourth-order valence-corrected chi connectivity index (χ4v) is 2.64. The minimum Gasteiger partial charge on any atom is -0.330 e. The van der Waals surface area contributed by atoms with Crippen molar-refractivity contribution in [2.75, 3.05) is 24.9 Å². The van der Waals surface area contributed by atoms with Crippen molar-refractivity contribution in [2.45, 2.75) is 12.6 Å². The summed E-state index contributed by atoms with van der Waals surface area (Å²) in [6.07, 6.45) is -4.33. The van der Waals surface area contributed by atoms with Gasteiger partial charge in [0, 0.05) is 18.6 Å². The van der Waals surface area contributed by atoms with Crippen molar-refractivity contribution in [3.63, 3.8) is 0 Å². The van der Waals surface area contributed by atoms with Crippen LogP contribution in [0.15, 0.2) is 18.2 Å². The van der Waals surface area contributed by atoms with Gasteiger partial charge in [0.2, 0.25) is 0 Å². The van der Waals surface area contributed by atoms with E-state index in [-0.39, 0.29) is 18.1 Å². The van der Waals surface area contributed by atoms with Gasteiger partial charge in [-0.05, 0) is 31.2 Å². The zero-order valence-corrected chi connectivity index (χ0v) is 12.7. The van der Waals surface area contributed by atoms with E-state index >= 15 is 0 Å². The summed E-state index contributed by atoms with van der Waals surface area (Å²) in [5.41, 5.74) is 3.54. The highest BCUT2D eigenvalue weighted by atomic mass is 35.5. The molecule has 0 bridgehead atoms. The van der Waals surface area contributed by atoms with E-state index in [9.17, 15) is 21.6 Å². The Morgan fingerprint density at radius 3 is 2.52 bits per heavy atom. The third-order valence-electron chi connectivity index (χ3n) is 2.61. The van der Waals surface area contributed by atoms with E-state index in [0.717, 1.165) is 10.4 Å². The number of alkyl halides is 3. The lowest BCUT2D eigenvalue weighted by atomic mass is 10.2. The van der Waals surface area contributed by atoms with Gasteiger partial charge in [0.1, 0.15) is 0 Å². The molecule has 0 amide bonds. The first-order chi connectivity index (χ1) is 9.58. The molecule has 0 spiro atoms. The molecule has 0 radical (unpaired) electrons. The van der Waals surface area contributed by atoms with Gasteiger partial charge in [0.05, 0.1) is 11.3 Å². The molecule has 0 aliphatic rings. The Labute approximate surface area is 126 Å². The number of benzene rings is 1. The Balaban J connectivity index is 3.08. The van der Waals surface area contributed by atoms with E-state index in [4.69, 9.17) is 17.3 Å². The zero-order valence-electron chi connectivity index (χ0n) is 11.1. The molecule has 5 nitrogen and oxygen atoms in total. The summed E-state index contributed by atoms with van der Waals surface area (Å²) in [4.78, 5) is 0. The predicted molar refractivity (Wildman–Crippen MR) is 75.3 cm³/mol. The number of nitrogens with one attached hydrogen (secondary N) is 1. The van der Waals surface area contributed by atoms with Crippen LogP contribution < -0.4 is 10.5 Å². The average Bonchev–Trinajstić information content (AvgIpc) is 2.36. The lowest BCUT2D eigenvalue weighted by Crippen LogP contribution is -2.34. The van der Waals surface area contributed by atoms with Crippen LogP contribution in [0.3, 0.4) is 0 Å². The van der Waals surface area contributed by atoms with E-state index in [1.54, 1.807) is 0 Å². The first-order valence-corrected chi connectivity index (χ1v) is 7.70. The van der Waals surface area contributed by atoms with Crippen molar-refractivity contribution in [3.8, 4) is 0 Å². The molecular formula is C11H15ClF3N3O2S. The topological polar surface area (TPSA) is 75.4 Å². The molecule has 0 atom stereocenters. The molecule has 1 aromatic rings. The number of anilines is 1. The van der Waals surface area contributed by atoms with Gasteiger partial charge in [0.15, 0.2) is 0 Å². The third kappa shape index (κ3) is 5.03. The maximum Gasteiger partial charge on any atom is 0.418 e. The van der Waals surface area contributed by atoms with Gasteiger partial charge < -0.3 is 5.73 Å². The van der Waals surface area contributed by atoms with Crippen LogP contribution in [0.1, 0.15) is 12.0 Å². The van der Waals surface area contributed by atoms with Crippen molar-refractivity contribution in [1.29, 1.82) is 0 Å². The second-order valence-corrected chi connectivity index (χ2v) is 6.47. The minimum absolute atomic E-state index is 0.0980. The average molecular weight is 346 g/mol. The summed E-state index contributed by atoms with van der Waals surface area (Å²) in [5, 5.41) is -0.137. The van der Waals surface area contributed by atoms with Crippen molar-refractivity contribution in [1.82, 2.24) is 4.31 Å². The first kappa shape index (κ1) is 18.0. The zero-order chi connectivity index (χ0) is 16.3. The Morgan fingerprint density at radius 2 is 2.00 bits per heavy atom. The quantitative estimate of drug-likeness (QED) is 0.830. The smallest absolute Gasteiger partial charge is 0.330 e. The molecule has 0 saturated carbocycles. The number of rotatable bonds is 6. The maximum atomic E-state index is 12.9. The summed E-state index contributed by atoms with van der Waals surface area (Å²) in [7, 11) is -2.85. The molecule has 3 N–H and O–H groups in total. The van der Waals surface area contributed by atoms with Gasteiger partial charge in [-0.15, -0.1) is 0 Å². The summed E-state index contributed by atoms with van der Waals surface area (Å²) in [6, 6.07) is 2.81. The second-order valence-electron chi connectivity index (χ2n) is 4.26. The van der Waals surface area contributed by atoms with Crippen molar-refractivity contribution in [3.05, 3.63) is 28.8 Å². The van der Waals surface area contributed by atoms with Crippen LogP contribution in [0, 0.1) is 0 Å². The molecule has 120 valence electrons. The molecule has 1 rings (SSSR count). The fourth-order valence-electron chi connectivity index (χ4n) is 1.49. The van der Waals surface area contributed by atoms with Crippen molar-refractivity contribution in [2.24, 2.45) is 5.73 Å². The molecule has 0 aromatic heterocycles. The number of nitrogens with two attached hydrogens (primary N) is 1. The highest BCUT2D eigenvalue weighted by Gasteiger charge is 2.35. The van der Waals surface area contributed by atoms with Gasteiger partial charge >= 0.3 is 16.4 Å². The number of hydrogen-bond donors (Lipinski definition) is 2. The number of halogens is 4. The largest absolute Gasteiger partial charge is 0.418 e. The van der Waals surface area contributed by atoms with Gasteiger partial charge in [-0.2, -0.15) is 25.9 Å². The SMILES string of the molecule is CN(CCCN)S(=O)(=O)Nc1ccc(Cl)cc1C(F)(F)F. The fraction of sp³-hybridized carbons (Fsp3) is 0.455. The maximum absolute atomic E-state index is 12.9. The Kier molecular flexibility index (Phi) is 5.85. The number of hydrogen-bond acceptors (Lipinski definition) is 3. The summed E-state index contributed by atoms with van der Waals surface area (Å²) >= 11 is 5.52. The van der Waals surface area contributed by atoms with Gasteiger partial charge in [-0.1, -0.05) is 11.6 Å². The molecule has 1 aromatic carbocycles. The lowest BCUT2D eigenvalue weighted by molar-refractivity contribution is -0.136. The monoisotopic (exact) mass is 345 g/mol. The van der Waals surface area contributed by atoms with E-state index in [2.05, 4.69) is 0 Å². The molecule has 0 fully saturated rings. The molecule has 21 heavy (non-hydrogen) atoms. The molecule has 0 unspecified atom stereocenters. The van der Waals surface area contributed by atoms with Crippen molar-refractivity contribution >= 4 is 27.5 Å². The summed E-state index contributed by atoms with van der Waals surface area (Å²) < 4.78 is 65.3. The standard InChI is InChI=1S/C11H15ClF3N3O2S/c1-18(6-2-5-16)21(19,20)17-10-4-3-8(12)7-9(10)11(13,14)15/h3-4,7,17H,2,5-6,16H2,1H3. The minimum atomic E-state index is -4.72. The molecule has 0 aliphatic heterocycles. The van der Waals surface area contributed by atoms with Gasteiger partial charge in [-0.25, -0.2) is 0 Å². The van der Waals surface area contributed by atoms with Crippen LogP contribution in [0.5, 0.6) is 0 Å². The third-order valence-corrected chi connectivity index (χ3v) is 4.33. The van der Waals surface area contributed by atoms with Crippen LogP contribution >= 0.6 is 11.6 Å². The number of nitrogens with zero attached hydrogens (tertiary/aromatic N) is 1. The summed E-state index contributed by atoms with van der Waals surface area (Å²) in [6.45, 7) is 0.370. The molecular weight excluding hydrogens is 331 g/mol. The summed E-state index contributed by atoms with van der Waals surface area (Å²) in [5.74, 6) is 0. The Morgan fingerprint density at radius 1 is 1.38 bits per heavy atom. The van der Waals surface area contributed by atoms with Crippen LogP contribution in [-0.2, 0) is 16.4 Å². The molecule has 10 heteroatoms. The second kappa shape index (κ2) is 6.82. The Bertz CT molecular complexity index is 593. The lowest BCUT2D eigenvalue weighted by Gasteiger charge is -2.20. The molecule has 0 saturated heterocycles. The molecule has 0 aliphatic carbocycles. The van der Waals surface area contributed by atoms with Gasteiger partial charge in [-0.3, -0.25) is 4.72 Å². The van der Waals surface area contributed by atoms with Crippen LogP contribution in [0.4, 0.5) is 18.9 Å². The molecule has 0 heterocycles. The van der Waals surface area contributed by atoms with E-state index in [1.165, 1.54) is 13.1 Å².